The largest absolute Gasteiger partial charge is 0.321 e. The number of amides is 1. The van der Waals surface area contributed by atoms with Gasteiger partial charge in [-0.25, -0.2) is 0 Å². The topological polar surface area (TPSA) is 46.2 Å². The van der Waals surface area contributed by atoms with Crippen LogP contribution in [0.1, 0.15) is 37.4 Å². The Bertz CT molecular complexity index is 654. The van der Waals surface area contributed by atoms with Crippen molar-refractivity contribution < 1.29 is 9.59 Å². The quantitative estimate of drug-likeness (QED) is 0.862. The first kappa shape index (κ1) is 14.0. The molecule has 2 aromatic rings. The summed E-state index contributed by atoms with van der Waals surface area (Å²) in [7, 11) is 0. The SMILES string of the molecule is Cc1ccc(C=O)c(C(=O)Nc2c(C)cccc2C)c1. The summed E-state index contributed by atoms with van der Waals surface area (Å²) in [6.07, 6.45) is 0.707. The highest BCUT2D eigenvalue weighted by atomic mass is 16.1. The minimum atomic E-state index is -0.256. The molecule has 0 aliphatic rings. The molecule has 0 atom stereocenters. The number of para-hydroxylation sites is 1. The van der Waals surface area contributed by atoms with Crippen LogP contribution in [-0.2, 0) is 0 Å². The highest BCUT2D eigenvalue weighted by molar-refractivity contribution is 6.09. The molecule has 3 nitrogen and oxygen atoms in total. The van der Waals surface area contributed by atoms with E-state index < -0.39 is 0 Å². The molecular formula is C17H17NO2. The van der Waals surface area contributed by atoms with Gasteiger partial charge in [0.05, 0.1) is 5.56 Å². The average molecular weight is 267 g/mol. The molecule has 102 valence electrons. The fourth-order valence-corrected chi connectivity index (χ4v) is 2.16. The van der Waals surface area contributed by atoms with Gasteiger partial charge in [-0.15, -0.1) is 0 Å². The lowest BCUT2D eigenvalue weighted by molar-refractivity contribution is 0.101. The molecule has 0 aliphatic heterocycles. The van der Waals surface area contributed by atoms with Crippen LogP contribution in [0.25, 0.3) is 0 Å². The standard InChI is InChI=1S/C17H17NO2/c1-11-7-8-14(10-19)15(9-11)17(20)18-16-12(2)5-4-6-13(16)3/h4-10H,1-3H3,(H,18,20). The maximum Gasteiger partial charge on any atom is 0.256 e. The van der Waals surface area contributed by atoms with Crippen molar-refractivity contribution in [2.24, 2.45) is 0 Å². The molecule has 0 heterocycles. The lowest BCUT2D eigenvalue weighted by atomic mass is 10.0. The van der Waals surface area contributed by atoms with Gasteiger partial charge in [0, 0.05) is 11.3 Å². The summed E-state index contributed by atoms with van der Waals surface area (Å²) in [4.78, 5) is 23.4. The van der Waals surface area contributed by atoms with Gasteiger partial charge in [0.1, 0.15) is 0 Å². The first-order valence-corrected chi connectivity index (χ1v) is 6.46. The molecule has 2 rings (SSSR count). The lowest BCUT2D eigenvalue weighted by Gasteiger charge is -2.12. The van der Waals surface area contributed by atoms with Crippen LogP contribution in [0.2, 0.25) is 0 Å². The zero-order valence-corrected chi connectivity index (χ0v) is 11.9. The van der Waals surface area contributed by atoms with Crippen LogP contribution in [0.15, 0.2) is 36.4 Å². The Labute approximate surface area is 118 Å². The molecule has 0 aliphatic carbocycles. The number of carbonyl (C=O) groups excluding carboxylic acids is 2. The lowest BCUT2D eigenvalue weighted by Crippen LogP contribution is -2.16. The predicted octanol–water partition coefficient (Wildman–Crippen LogP) is 3.68. The Hall–Kier alpha value is -2.42. The summed E-state index contributed by atoms with van der Waals surface area (Å²) in [6.45, 7) is 5.78. The summed E-state index contributed by atoms with van der Waals surface area (Å²) in [5.41, 5.74) is 4.55. The van der Waals surface area contributed by atoms with E-state index in [0.717, 1.165) is 22.4 Å². The third-order valence-electron chi connectivity index (χ3n) is 3.30. The summed E-state index contributed by atoms with van der Waals surface area (Å²) >= 11 is 0. The molecule has 0 radical (unpaired) electrons. The van der Waals surface area contributed by atoms with Crippen molar-refractivity contribution in [2.45, 2.75) is 20.8 Å². The smallest absolute Gasteiger partial charge is 0.256 e. The van der Waals surface area contributed by atoms with E-state index >= 15 is 0 Å². The molecule has 2 aromatic carbocycles. The monoisotopic (exact) mass is 267 g/mol. The van der Waals surface area contributed by atoms with Gasteiger partial charge < -0.3 is 5.32 Å². The van der Waals surface area contributed by atoms with E-state index in [9.17, 15) is 9.59 Å². The van der Waals surface area contributed by atoms with Crippen LogP contribution < -0.4 is 5.32 Å². The fraction of sp³-hybridized carbons (Fsp3) is 0.176. The van der Waals surface area contributed by atoms with Gasteiger partial charge in [-0.2, -0.15) is 0 Å². The number of hydrogen-bond donors (Lipinski definition) is 1. The predicted molar refractivity (Wildman–Crippen MR) is 80.4 cm³/mol. The second-order valence-corrected chi connectivity index (χ2v) is 4.93. The maximum absolute atomic E-state index is 12.4. The fourth-order valence-electron chi connectivity index (χ4n) is 2.16. The van der Waals surface area contributed by atoms with Crippen LogP contribution >= 0.6 is 0 Å². The summed E-state index contributed by atoms with van der Waals surface area (Å²) in [6, 6.07) is 11.1. The number of carbonyl (C=O) groups is 2. The molecule has 3 heteroatoms. The van der Waals surface area contributed by atoms with Gasteiger partial charge in [-0.05, 0) is 38.0 Å². The first-order chi connectivity index (χ1) is 9.52. The Balaban J connectivity index is 2.38. The second-order valence-electron chi connectivity index (χ2n) is 4.93. The molecule has 0 aromatic heterocycles. The number of hydrogen-bond acceptors (Lipinski definition) is 2. The molecule has 20 heavy (non-hydrogen) atoms. The van der Waals surface area contributed by atoms with Crippen molar-refractivity contribution in [3.8, 4) is 0 Å². The van der Waals surface area contributed by atoms with Crippen LogP contribution in [-0.4, -0.2) is 12.2 Å². The molecule has 0 saturated heterocycles. The van der Waals surface area contributed by atoms with Crippen molar-refractivity contribution in [3.05, 3.63) is 64.2 Å². The van der Waals surface area contributed by atoms with E-state index in [1.807, 2.05) is 45.0 Å². The minimum absolute atomic E-state index is 0.256. The van der Waals surface area contributed by atoms with E-state index in [4.69, 9.17) is 0 Å². The number of rotatable bonds is 3. The van der Waals surface area contributed by atoms with Gasteiger partial charge in [0.15, 0.2) is 6.29 Å². The van der Waals surface area contributed by atoms with E-state index in [0.29, 0.717) is 17.4 Å². The van der Waals surface area contributed by atoms with E-state index in [1.54, 1.807) is 12.1 Å². The van der Waals surface area contributed by atoms with Gasteiger partial charge in [0.2, 0.25) is 0 Å². The van der Waals surface area contributed by atoms with Crippen molar-refractivity contribution in [1.29, 1.82) is 0 Å². The minimum Gasteiger partial charge on any atom is -0.321 e. The van der Waals surface area contributed by atoms with Crippen molar-refractivity contribution in [2.75, 3.05) is 5.32 Å². The molecule has 0 unspecified atom stereocenters. The Kier molecular flexibility index (Phi) is 3.99. The highest BCUT2D eigenvalue weighted by Crippen LogP contribution is 2.21. The Morgan fingerprint density at radius 2 is 1.70 bits per heavy atom. The van der Waals surface area contributed by atoms with Gasteiger partial charge in [-0.1, -0.05) is 35.9 Å². The summed E-state index contributed by atoms with van der Waals surface area (Å²) in [5.74, 6) is -0.256. The zero-order chi connectivity index (χ0) is 14.7. The number of nitrogens with one attached hydrogen (secondary N) is 1. The van der Waals surface area contributed by atoms with Crippen LogP contribution in [0.5, 0.6) is 0 Å². The third kappa shape index (κ3) is 2.77. The molecule has 1 N–H and O–H groups in total. The van der Waals surface area contributed by atoms with Gasteiger partial charge in [-0.3, -0.25) is 9.59 Å². The molecule has 0 fully saturated rings. The second kappa shape index (κ2) is 5.70. The molecular weight excluding hydrogens is 250 g/mol. The number of benzene rings is 2. The maximum atomic E-state index is 12.4. The molecule has 0 spiro atoms. The van der Waals surface area contributed by atoms with Gasteiger partial charge >= 0.3 is 0 Å². The average Bonchev–Trinajstić information content (AvgIpc) is 2.43. The first-order valence-electron chi connectivity index (χ1n) is 6.46. The van der Waals surface area contributed by atoms with Crippen molar-refractivity contribution in [3.63, 3.8) is 0 Å². The van der Waals surface area contributed by atoms with E-state index in [2.05, 4.69) is 5.32 Å². The number of anilines is 1. The highest BCUT2D eigenvalue weighted by Gasteiger charge is 2.13. The molecule has 0 saturated carbocycles. The molecule has 1 amide bonds. The van der Waals surface area contributed by atoms with Crippen LogP contribution in [0.3, 0.4) is 0 Å². The number of aldehydes is 1. The van der Waals surface area contributed by atoms with E-state index in [1.165, 1.54) is 0 Å². The zero-order valence-electron chi connectivity index (χ0n) is 11.9. The van der Waals surface area contributed by atoms with Crippen LogP contribution in [0, 0.1) is 20.8 Å². The normalized spacial score (nSPS) is 10.2. The summed E-state index contributed by atoms with van der Waals surface area (Å²) in [5, 5.41) is 2.90. The molecule has 0 bridgehead atoms. The van der Waals surface area contributed by atoms with Gasteiger partial charge in [0.25, 0.3) is 5.91 Å². The Morgan fingerprint density at radius 3 is 2.30 bits per heavy atom. The Morgan fingerprint density at radius 1 is 1.05 bits per heavy atom. The van der Waals surface area contributed by atoms with Crippen LogP contribution in [0.4, 0.5) is 5.69 Å². The van der Waals surface area contributed by atoms with Crippen molar-refractivity contribution >= 4 is 17.9 Å². The summed E-state index contributed by atoms with van der Waals surface area (Å²) < 4.78 is 0. The van der Waals surface area contributed by atoms with Crippen molar-refractivity contribution in [1.82, 2.24) is 0 Å². The van der Waals surface area contributed by atoms with E-state index in [-0.39, 0.29) is 5.91 Å². The number of aryl methyl sites for hydroxylation is 3. The third-order valence-corrected chi connectivity index (χ3v) is 3.30.